The maximum absolute atomic E-state index is 13.0. The van der Waals surface area contributed by atoms with Crippen LogP contribution in [0.15, 0.2) is 66.2 Å². The zero-order valence-corrected chi connectivity index (χ0v) is 18.7. The van der Waals surface area contributed by atoms with Crippen molar-refractivity contribution in [3.8, 4) is 17.2 Å². The van der Waals surface area contributed by atoms with Crippen LogP contribution in [0.4, 0.5) is 11.4 Å². The van der Waals surface area contributed by atoms with Gasteiger partial charge in [0.25, 0.3) is 11.8 Å². The van der Waals surface area contributed by atoms with E-state index in [-0.39, 0.29) is 35.3 Å². The second-order valence-electron chi connectivity index (χ2n) is 7.55. The molecule has 2 heterocycles. The normalized spacial score (nSPS) is 15.5. The first kappa shape index (κ1) is 22.2. The highest BCUT2D eigenvalue weighted by Gasteiger charge is 2.35. The SMILES string of the molecule is O=C1NN(c2ccccc2)C(=O)C1=Cc1cc(Cl)cc([N+](=O)[O-])c1OCc1ccc2c(c1)OCO2. The van der Waals surface area contributed by atoms with Crippen molar-refractivity contribution in [2.24, 2.45) is 0 Å². The first-order valence-corrected chi connectivity index (χ1v) is 10.7. The van der Waals surface area contributed by atoms with Crippen molar-refractivity contribution in [2.45, 2.75) is 6.61 Å². The van der Waals surface area contributed by atoms with Gasteiger partial charge in [0.15, 0.2) is 11.5 Å². The Hall–Kier alpha value is -4.57. The number of carbonyl (C=O) groups excluding carboxylic acids is 2. The van der Waals surface area contributed by atoms with Crippen molar-refractivity contribution in [3.05, 3.63) is 92.5 Å². The molecule has 11 heteroatoms. The molecule has 3 aromatic rings. The standard InChI is InChI=1S/C24H16ClN3O7/c25-16-9-15(10-18-23(29)26-27(24(18)30)17-4-2-1-3-5-17)22(19(11-16)28(31)32)33-12-14-6-7-20-21(8-14)35-13-34-20/h1-11H,12-13H2,(H,26,29). The summed E-state index contributed by atoms with van der Waals surface area (Å²) >= 11 is 6.11. The number of hydrogen-bond donors (Lipinski definition) is 1. The van der Waals surface area contributed by atoms with Gasteiger partial charge in [0.05, 0.1) is 10.6 Å². The number of nitrogens with one attached hydrogen (secondary N) is 1. The van der Waals surface area contributed by atoms with E-state index in [0.717, 1.165) is 11.1 Å². The zero-order valence-electron chi connectivity index (χ0n) is 17.9. The summed E-state index contributed by atoms with van der Waals surface area (Å²) in [6.45, 7) is 0.0572. The van der Waals surface area contributed by atoms with Gasteiger partial charge in [0.2, 0.25) is 12.5 Å². The van der Waals surface area contributed by atoms with Crippen LogP contribution in [0.3, 0.4) is 0 Å². The van der Waals surface area contributed by atoms with Gasteiger partial charge < -0.3 is 14.2 Å². The lowest BCUT2D eigenvalue weighted by Crippen LogP contribution is -2.35. The van der Waals surface area contributed by atoms with E-state index in [4.69, 9.17) is 25.8 Å². The molecule has 1 fully saturated rings. The number of hydrazine groups is 1. The Labute approximate surface area is 203 Å². The molecule has 0 spiro atoms. The van der Waals surface area contributed by atoms with Gasteiger partial charge >= 0.3 is 5.69 Å². The Morgan fingerprint density at radius 1 is 1.09 bits per heavy atom. The Morgan fingerprint density at radius 3 is 2.63 bits per heavy atom. The second kappa shape index (κ2) is 8.99. The number of anilines is 1. The number of ether oxygens (including phenoxy) is 3. The van der Waals surface area contributed by atoms with Gasteiger partial charge in [-0.25, -0.2) is 5.01 Å². The summed E-state index contributed by atoms with van der Waals surface area (Å²) in [5, 5.41) is 12.9. The van der Waals surface area contributed by atoms with Crippen LogP contribution in [-0.2, 0) is 16.2 Å². The van der Waals surface area contributed by atoms with E-state index in [1.54, 1.807) is 48.5 Å². The van der Waals surface area contributed by atoms with Gasteiger partial charge in [-0.05, 0) is 42.0 Å². The van der Waals surface area contributed by atoms with Gasteiger partial charge in [-0.3, -0.25) is 25.1 Å². The lowest BCUT2D eigenvalue weighted by Gasteiger charge is -2.14. The quantitative estimate of drug-likeness (QED) is 0.238. The smallest absolute Gasteiger partial charge is 0.313 e. The van der Waals surface area contributed by atoms with Gasteiger partial charge in [-0.1, -0.05) is 35.9 Å². The van der Waals surface area contributed by atoms with Crippen LogP contribution in [0.1, 0.15) is 11.1 Å². The summed E-state index contributed by atoms with van der Waals surface area (Å²) in [6.07, 6.45) is 1.23. The van der Waals surface area contributed by atoms with Crippen molar-refractivity contribution in [1.29, 1.82) is 0 Å². The molecule has 2 aliphatic heterocycles. The Balaban J connectivity index is 1.50. The highest BCUT2D eigenvalue weighted by Crippen LogP contribution is 2.38. The summed E-state index contributed by atoms with van der Waals surface area (Å²) in [7, 11) is 0. The molecule has 3 aromatic carbocycles. The summed E-state index contributed by atoms with van der Waals surface area (Å²) < 4.78 is 16.5. The van der Waals surface area contributed by atoms with Crippen LogP contribution in [0.25, 0.3) is 6.08 Å². The van der Waals surface area contributed by atoms with Gasteiger partial charge in [-0.2, -0.15) is 0 Å². The molecule has 10 nitrogen and oxygen atoms in total. The number of para-hydroxylation sites is 1. The number of nitro groups is 1. The fourth-order valence-corrected chi connectivity index (χ4v) is 3.88. The lowest BCUT2D eigenvalue weighted by molar-refractivity contribution is -0.385. The van der Waals surface area contributed by atoms with Crippen LogP contribution in [0.2, 0.25) is 5.02 Å². The number of nitrogens with zero attached hydrogens (tertiary/aromatic N) is 2. The Kier molecular flexibility index (Phi) is 5.71. The largest absolute Gasteiger partial charge is 0.482 e. The molecule has 5 rings (SSSR count). The second-order valence-corrected chi connectivity index (χ2v) is 7.99. The molecular formula is C24H16ClN3O7. The van der Waals surface area contributed by atoms with E-state index in [1.165, 1.54) is 12.1 Å². The molecule has 1 N–H and O–H groups in total. The number of fused-ring (bicyclic) bond motifs is 1. The Morgan fingerprint density at radius 2 is 1.86 bits per heavy atom. The summed E-state index contributed by atoms with van der Waals surface area (Å²) in [5.74, 6) is -0.296. The van der Waals surface area contributed by atoms with Crippen molar-refractivity contribution < 1.29 is 28.7 Å². The number of benzene rings is 3. The number of rotatable bonds is 6. The first-order valence-electron chi connectivity index (χ1n) is 10.3. The highest BCUT2D eigenvalue weighted by molar-refractivity contribution is 6.32. The molecular weight excluding hydrogens is 478 g/mol. The minimum atomic E-state index is -0.664. The molecule has 0 aliphatic carbocycles. The zero-order chi connectivity index (χ0) is 24.5. The van der Waals surface area contributed by atoms with Crippen LogP contribution in [-0.4, -0.2) is 23.5 Å². The maximum atomic E-state index is 13.0. The average Bonchev–Trinajstić information content (AvgIpc) is 3.43. The van der Waals surface area contributed by atoms with E-state index in [2.05, 4.69) is 5.43 Å². The lowest BCUT2D eigenvalue weighted by atomic mass is 10.1. The predicted octanol–water partition coefficient (Wildman–Crippen LogP) is 4.02. The molecule has 35 heavy (non-hydrogen) atoms. The summed E-state index contributed by atoms with van der Waals surface area (Å²) in [6, 6.07) is 16.2. The molecule has 0 bridgehead atoms. The Bertz CT molecular complexity index is 1390. The molecule has 176 valence electrons. The molecule has 0 radical (unpaired) electrons. The monoisotopic (exact) mass is 493 g/mol. The number of nitro benzene ring substituents is 1. The minimum Gasteiger partial charge on any atom is -0.482 e. The molecule has 2 amide bonds. The minimum absolute atomic E-state index is 0.0461. The maximum Gasteiger partial charge on any atom is 0.313 e. The fraction of sp³-hybridized carbons (Fsp3) is 0.0833. The third-order valence-corrected chi connectivity index (χ3v) is 5.50. The highest BCUT2D eigenvalue weighted by atomic mass is 35.5. The van der Waals surface area contributed by atoms with Crippen LogP contribution < -0.4 is 24.6 Å². The predicted molar refractivity (Wildman–Crippen MR) is 125 cm³/mol. The van der Waals surface area contributed by atoms with Crippen molar-refractivity contribution in [2.75, 3.05) is 11.8 Å². The van der Waals surface area contributed by atoms with E-state index < -0.39 is 22.4 Å². The van der Waals surface area contributed by atoms with Crippen molar-refractivity contribution in [3.63, 3.8) is 0 Å². The number of amides is 2. The van der Waals surface area contributed by atoms with Crippen LogP contribution in [0.5, 0.6) is 17.2 Å². The summed E-state index contributed by atoms with van der Waals surface area (Å²) in [5.41, 5.74) is 3.10. The number of hydrogen-bond acceptors (Lipinski definition) is 7. The van der Waals surface area contributed by atoms with E-state index in [9.17, 15) is 19.7 Å². The van der Waals surface area contributed by atoms with Gasteiger partial charge in [-0.15, -0.1) is 0 Å². The molecule has 0 aromatic heterocycles. The average molecular weight is 494 g/mol. The fourth-order valence-electron chi connectivity index (χ4n) is 3.66. The van der Waals surface area contributed by atoms with Crippen molar-refractivity contribution >= 4 is 40.9 Å². The first-order chi connectivity index (χ1) is 16.9. The van der Waals surface area contributed by atoms with E-state index in [0.29, 0.717) is 22.7 Å². The van der Waals surface area contributed by atoms with E-state index >= 15 is 0 Å². The topological polar surface area (TPSA) is 120 Å². The number of halogens is 1. The molecule has 0 saturated carbocycles. The molecule has 1 saturated heterocycles. The molecule has 0 unspecified atom stereocenters. The third-order valence-electron chi connectivity index (χ3n) is 5.29. The van der Waals surface area contributed by atoms with E-state index in [1.807, 2.05) is 0 Å². The van der Waals surface area contributed by atoms with Crippen LogP contribution in [0, 0.1) is 10.1 Å². The number of carbonyl (C=O) groups is 2. The molecule has 2 aliphatic rings. The van der Waals surface area contributed by atoms with Crippen molar-refractivity contribution in [1.82, 2.24) is 5.43 Å². The van der Waals surface area contributed by atoms with Gasteiger partial charge in [0.1, 0.15) is 12.2 Å². The third kappa shape index (κ3) is 4.34. The summed E-state index contributed by atoms with van der Waals surface area (Å²) in [4.78, 5) is 36.7. The van der Waals surface area contributed by atoms with Crippen LogP contribution >= 0.6 is 11.6 Å². The molecule has 0 atom stereocenters. The van der Waals surface area contributed by atoms with Gasteiger partial charge in [0, 0.05) is 16.7 Å².